The molecule has 114 valence electrons. The minimum Gasteiger partial charge on any atom is -0.486 e. The van der Waals surface area contributed by atoms with E-state index in [2.05, 4.69) is 18.7 Å². The Labute approximate surface area is 124 Å². The summed E-state index contributed by atoms with van der Waals surface area (Å²) in [6, 6.07) is 5.30. The van der Waals surface area contributed by atoms with Crippen LogP contribution >= 0.6 is 0 Å². The number of Topliss-reactive ketones (excluding diaryl/α,β-unsaturated/α-hetero) is 1. The molecule has 1 heterocycles. The summed E-state index contributed by atoms with van der Waals surface area (Å²) < 4.78 is 5.95. The third-order valence-corrected chi connectivity index (χ3v) is 3.73. The first-order valence-corrected chi connectivity index (χ1v) is 7.15. The van der Waals surface area contributed by atoms with E-state index in [1.165, 1.54) is 0 Å². The zero-order valence-electron chi connectivity index (χ0n) is 12.6. The zero-order valence-corrected chi connectivity index (χ0v) is 12.6. The fourth-order valence-corrected chi connectivity index (χ4v) is 2.37. The molecule has 1 aliphatic heterocycles. The van der Waals surface area contributed by atoms with Crippen LogP contribution in [0.3, 0.4) is 0 Å². The van der Waals surface area contributed by atoms with E-state index in [0.717, 1.165) is 18.0 Å². The predicted octanol–water partition coefficient (Wildman–Crippen LogP) is 2.59. The van der Waals surface area contributed by atoms with Crippen molar-refractivity contribution in [3.63, 3.8) is 0 Å². The van der Waals surface area contributed by atoms with Crippen molar-refractivity contribution in [2.75, 3.05) is 18.5 Å². The van der Waals surface area contributed by atoms with Crippen molar-refractivity contribution < 1.29 is 19.4 Å². The van der Waals surface area contributed by atoms with Crippen LogP contribution < -0.4 is 9.64 Å². The molecule has 0 amide bonds. The molecule has 0 radical (unpaired) electrons. The molecule has 0 fully saturated rings. The Kier molecular flexibility index (Phi) is 4.50. The van der Waals surface area contributed by atoms with Gasteiger partial charge in [-0.15, -0.1) is 0 Å². The largest absolute Gasteiger partial charge is 0.486 e. The lowest BCUT2D eigenvalue weighted by Gasteiger charge is -2.36. The number of hydrogen-bond acceptors (Lipinski definition) is 4. The average Bonchev–Trinajstić information content (AvgIpc) is 2.44. The van der Waals surface area contributed by atoms with Gasteiger partial charge in [0.05, 0.1) is 18.7 Å². The lowest BCUT2D eigenvalue weighted by atomic mass is 10.0. The maximum absolute atomic E-state index is 12.0. The van der Waals surface area contributed by atoms with Crippen molar-refractivity contribution in [2.24, 2.45) is 5.92 Å². The number of carboxylic acids is 1. The number of aliphatic carboxylic acids is 1. The first-order chi connectivity index (χ1) is 9.88. The highest BCUT2D eigenvalue weighted by molar-refractivity contribution is 5.98. The van der Waals surface area contributed by atoms with Crippen LogP contribution in [-0.4, -0.2) is 36.6 Å². The van der Waals surface area contributed by atoms with Crippen molar-refractivity contribution in [1.29, 1.82) is 0 Å². The fraction of sp³-hybridized carbons (Fsp3) is 0.500. The van der Waals surface area contributed by atoms with Crippen molar-refractivity contribution in [1.82, 2.24) is 0 Å². The van der Waals surface area contributed by atoms with Gasteiger partial charge in [-0.2, -0.15) is 0 Å². The maximum atomic E-state index is 12.0. The second kappa shape index (κ2) is 6.16. The number of carboxylic acid groups (broad SMARTS) is 1. The van der Waals surface area contributed by atoms with Crippen LogP contribution in [0.1, 0.15) is 37.0 Å². The Morgan fingerprint density at radius 2 is 2.10 bits per heavy atom. The first-order valence-electron chi connectivity index (χ1n) is 7.15. The number of ether oxygens (including phenoxy) is 1. The Bertz CT molecular complexity index is 553. The molecule has 5 nitrogen and oxygen atoms in total. The number of anilines is 1. The van der Waals surface area contributed by atoms with Gasteiger partial charge in [-0.3, -0.25) is 9.59 Å². The fourth-order valence-electron chi connectivity index (χ4n) is 2.37. The quantitative estimate of drug-likeness (QED) is 0.845. The molecule has 0 aliphatic carbocycles. The smallest absolute Gasteiger partial charge is 0.303 e. The third kappa shape index (κ3) is 3.54. The van der Waals surface area contributed by atoms with Gasteiger partial charge in [-0.1, -0.05) is 13.8 Å². The molecule has 2 rings (SSSR count). The summed E-state index contributed by atoms with van der Waals surface area (Å²) in [5, 5.41) is 8.64. The normalized spacial score (nSPS) is 17.3. The van der Waals surface area contributed by atoms with Crippen molar-refractivity contribution >= 4 is 17.4 Å². The van der Waals surface area contributed by atoms with E-state index >= 15 is 0 Å². The summed E-state index contributed by atoms with van der Waals surface area (Å²) in [6.45, 7) is 5.01. The average molecular weight is 291 g/mol. The van der Waals surface area contributed by atoms with Gasteiger partial charge < -0.3 is 14.7 Å². The lowest BCUT2D eigenvalue weighted by Crippen LogP contribution is -2.40. The number of likely N-dealkylation sites (N-methyl/N-ethyl adjacent to an activating group) is 1. The van der Waals surface area contributed by atoms with Gasteiger partial charge in [-0.25, -0.2) is 0 Å². The van der Waals surface area contributed by atoms with Crippen molar-refractivity contribution in [3.05, 3.63) is 23.8 Å². The Morgan fingerprint density at radius 3 is 2.71 bits per heavy atom. The van der Waals surface area contributed by atoms with Crippen LogP contribution in [0.4, 0.5) is 5.69 Å². The molecule has 0 saturated heterocycles. The number of nitrogens with zero attached hydrogens (tertiary/aromatic N) is 1. The van der Waals surface area contributed by atoms with E-state index in [9.17, 15) is 9.59 Å². The summed E-state index contributed by atoms with van der Waals surface area (Å²) in [7, 11) is 1.97. The van der Waals surface area contributed by atoms with E-state index in [0.29, 0.717) is 11.5 Å². The highest BCUT2D eigenvalue weighted by Gasteiger charge is 2.26. The molecule has 0 aromatic heterocycles. The molecular formula is C16H21NO4. The minimum absolute atomic E-state index is 0.0211. The van der Waals surface area contributed by atoms with Crippen LogP contribution in [0.25, 0.3) is 0 Å². The summed E-state index contributed by atoms with van der Waals surface area (Å²) in [4.78, 5) is 24.6. The van der Waals surface area contributed by atoms with Crippen molar-refractivity contribution in [2.45, 2.75) is 32.8 Å². The second-order valence-corrected chi connectivity index (χ2v) is 5.78. The van der Waals surface area contributed by atoms with Crippen molar-refractivity contribution in [3.8, 4) is 5.75 Å². The van der Waals surface area contributed by atoms with E-state index in [1.54, 1.807) is 18.2 Å². The highest BCUT2D eigenvalue weighted by Crippen LogP contribution is 2.35. The number of carbonyl (C=O) groups excluding carboxylic acids is 1. The van der Waals surface area contributed by atoms with E-state index < -0.39 is 5.97 Å². The minimum atomic E-state index is -0.957. The van der Waals surface area contributed by atoms with Gasteiger partial charge in [0.2, 0.25) is 0 Å². The molecule has 5 heteroatoms. The van der Waals surface area contributed by atoms with Crippen LogP contribution in [0, 0.1) is 5.92 Å². The monoisotopic (exact) mass is 291 g/mol. The van der Waals surface area contributed by atoms with Crippen LogP contribution in [0.15, 0.2) is 18.2 Å². The molecule has 1 N–H and O–H groups in total. The van der Waals surface area contributed by atoms with Crippen LogP contribution in [0.2, 0.25) is 0 Å². The molecule has 1 atom stereocenters. The van der Waals surface area contributed by atoms with Gasteiger partial charge in [0, 0.05) is 19.0 Å². The molecule has 0 saturated carbocycles. The first kappa shape index (κ1) is 15.4. The lowest BCUT2D eigenvalue weighted by molar-refractivity contribution is -0.136. The van der Waals surface area contributed by atoms with E-state index in [1.807, 2.05) is 7.05 Å². The molecule has 0 spiro atoms. The number of carbonyl (C=O) groups is 2. The third-order valence-electron chi connectivity index (χ3n) is 3.73. The number of hydrogen-bond donors (Lipinski definition) is 1. The molecular weight excluding hydrogens is 270 g/mol. The molecule has 1 aliphatic rings. The zero-order chi connectivity index (χ0) is 15.6. The van der Waals surface area contributed by atoms with E-state index in [4.69, 9.17) is 9.84 Å². The van der Waals surface area contributed by atoms with Gasteiger partial charge >= 0.3 is 5.97 Å². The predicted molar refractivity (Wildman–Crippen MR) is 80.2 cm³/mol. The SMILES string of the molecule is CC(C)C1CN(C)c2cc(C(=O)CCC(=O)O)ccc2O1. The molecule has 1 aromatic carbocycles. The number of ketones is 1. The van der Waals surface area contributed by atoms with Crippen LogP contribution in [0.5, 0.6) is 5.75 Å². The molecule has 21 heavy (non-hydrogen) atoms. The maximum Gasteiger partial charge on any atom is 0.303 e. The van der Waals surface area contributed by atoms with Crippen LogP contribution in [-0.2, 0) is 4.79 Å². The summed E-state index contributed by atoms with van der Waals surface area (Å²) in [5.41, 5.74) is 1.42. The molecule has 1 unspecified atom stereocenters. The summed E-state index contributed by atoms with van der Waals surface area (Å²) in [6.07, 6.45) is 0.0152. The molecule has 1 aromatic rings. The topological polar surface area (TPSA) is 66.8 Å². The summed E-state index contributed by atoms with van der Waals surface area (Å²) >= 11 is 0. The standard InChI is InChI=1S/C16H21NO4/c1-10(2)15-9-17(3)12-8-11(4-6-14(12)21-15)13(18)5-7-16(19)20/h4,6,8,10,15H,5,7,9H2,1-3H3,(H,19,20). The second-order valence-electron chi connectivity index (χ2n) is 5.78. The van der Waals surface area contributed by atoms with Gasteiger partial charge in [-0.05, 0) is 24.1 Å². The van der Waals surface area contributed by atoms with E-state index in [-0.39, 0.29) is 24.7 Å². The Balaban J connectivity index is 2.18. The number of rotatable bonds is 5. The van der Waals surface area contributed by atoms with Gasteiger partial charge in [0.1, 0.15) is 11.9 Å². The number of benzene rings is 1. The molecule has 0 bridgehead atoms. The Morgan fingerprint density at radius 1 is 1.38 bits per heavy atom. The summed E-state index contributed by atoms with van der Waals surface area (Å²) in [5.74, 6) is 0.0795. The number of fused-ring (bicyclic) bond motifs is 1. The van der Waals surface area contributed by atoms with Gasteiger partial charge in [0.25, 0.3) is 0 Å². The highest BCUT2D eigenvalue weighted by atomic mass is 16.5. The Hall–Kier alpha value is -2.04. The van der Waals surface area contributed by atoms with Gasteiger partial charge in [0.15, 0.2) is 5.78 Å².